The summed E-state index contributed by atoms with van der Waals surface area (Å²) in [5.41, 5.74) is -1.83. The summed E-state index contributed by atoms with van der Waals surface area (Å²) in [7, 11) is 1.81. The minimum absolute atomic E-state index is 0.213. The first-order valence-corrected chi connectivity index (χ1v) is 11.1. The first kappa shape index (κ1) is 25.1. The van der Waals surface area contributed by atoms with Gasteiger partial charge in [-0.25, -0.2) is 4.39 Å². The number of aromatic nitrogens is 1. The third-order valence-electron chi connectivity index (χ3n) is 5.91. The Hall–Kier alpha value is -4.04. The van der Waals surface area contributed by atoms with Crippen LogP contribution in [0.15, 0.2) is 54.7 Å². The molecule has 0 unspecified atom stereocenters. The quantitative estimate of drug-likeness (QED) is 0.355. The third-order valence-corrected chi connectivity index (χ3v) is 6.28. The van der Waals surface area contributed by atoms with Gasteiger partial charge in [0.15, 0.2) is 10.9 Å². The highest BCUT2D eigenvalue weighted by atomic mass is 32.1. The van der Waals surface area contributed by atoms with Gasteiger partial charge in [-0.3, -0.25) is 14.7 Å². The molecule has 1 aliphatic heterocycles. The number of carbonyl (C=O) groups is 1. The number of nitriles is 1. The number of alkyl halides is 3. The van der Waals surface area contributed by atoms with Crippen LogP contribution in [0.4, 0.5) is 34.6 Å². The van der Waals surface area contributed by atoms with Crippen LogP contribution in [0.3, 0.4) is 0 Å². The molecule has 36 heavy (non-hydrogen) atoms. The molecule has 0 aliphatic carbocycles. The van der Waals surface area contributed by atoms with Gasteiger partial charge >= 0.3 is 6.18 Å². The van der Waals surface area contributed by atoms with Crippen molar-refractivity contribution in [3.8, 4) is 17.3 Å². The lowest BCUT2D eigenvalue weighted by Gasteiger charge is -2.29. The standard InChI is InChI=1S/C25H19F4N5OS/c1-24(2)22(35)33(19-11-6-15(12-30)20(21(19)26)25(27,28)29)23(36)34(24)17-9-10-18(32-13-17)14-4-7-16(31-3)8-5-14/h4-11,13,31H,1-3H3. The Labute approximate surface area is 209 Å². The second-order valence-corrected chi connectivity index (χ2v) is 8.84. The summed E-state index contributed by atoms with van der Waals surface area (Å²) in [6.07, 6.45) is -3.65. The number of pyridine rings is 1. The molecule has 11 heteroatoms. The van der Waals surface area contributed by atoms with Crippen molar-refractivity contribution in [3.63, 3.8) is 0 Å². The summed E-state index contributed by atoms with van der Waals surface area (Å²) in [4.78, 5) is 19.9. The van der Waals surface area contributed by atoms with Crippen LogP contribution in [0.25, 0.3) is 11.3 Å². The van der Waals surface area contributed by atoms with Crippen LogP contribution in [0, 0.1) is 17.1 Å². The highest BCUT2D eigenvalue weighted by Gasteiger charge is 2.52. The van der Waals surface area contributed by atoms with Gasteiger partial charge in [0.2, 0.25) is 0 Å². The van der Waals surface area contributed by atoms with E-state index in [4.69, 9.17) is 17.5 Å². The highest BCUT2D eigenvalue weighted by Crippen LogP contribution is 2.42. The zero-order valence-electron chi connectivity index (χ0n) is 19.3. The maximum absolute atomic E-state index is 15.1. The van der Waals surface area contributed by atoms with E-state index < -0.39 is 40.3 Å². The predicted octanol–water partition coefficient (Wildman–Crippen LogP) is 5.74. The Morgan fingerprint density at radius 3 is 2.28 bits per heavy atom. The molecule has 0 bridgehead atoms. The fourth-order valence-corrected chi connectivity index (χ4v) is 4.56. The number of hydrogen-bond acceptors (Lipinski definition) is 5. The van der Waals surface area contributed by atoms with Crippen molar-refractivity contribution >= 4 is 40.3 Å². The van der Waals surface area contributed by atoms with Gasteiger partial charge in [-0.15, -0.1) is 0 Å². The lowest BCUT2D eigenvalue weighted by molar-refractivity contribution is -0.140. The van der Waals surface area contributed by atoms with Crippen LogP contribution in [-0.2, 0) is 11.0 Å². The molecule has 2 aromatic carbocycles. The average molecular weight is 514 g/mol. The summed E-state index contributed by atoms with van der Waals surface area (Å²) >= 11 is 5.45. The van der Waals surface area contributed by atoms with E-state index in [9.17, 15) is 18.0 Å². The molecule has 2 heterocycles. The zero-order valence-corrected chi connectivity index (χ0v) is 20.1. The fraction of sp³-hybridized carbons (Fsp3) is 0.200. The number of nitrogens with zero attached hydrogens (tertiary/aromatic N) is 4. The van der Waals surface area contributed by atoms with Crippen molar-refractivity contribution in [2.75, 3.05) is 22.2 Å². The summed E-state index contributed by atoms with van der Waals surface area (Å²) < 4.78 is 55.7. The Balaban J connectivity index is 1.74. The van der Waals surface area contributed by atoms with E-state index in [1.807, 2.05) is 24.3 Å². The molecule has 0 saturated carbocycles. The summed E-state index contributed by atoms with van der Waals surface area (Å²) in [6.45, 7) is 3.05. The molecule has 6 nitrogen and oxygen atoms in total. The van der Waals surface area contributed by atoms with Gasteiger partial charge in [0, 0.05) is 18.3 Å². The normalized spacial score (nSPS) is 15.3. The van der Waals surface area contributed by atoms with Crippen molar-refractivity contribution in [1.82, 2.24) is 4.98 Å². The Morgan fingerprint density at radius 1 is 1.08 bits per heavy atom. The number of nitrogens with one attached hydrogen (secondary N) is 1. The molecular formula is C25H19F4N5OS. The number of hydrogen-bond donors (Lipinski definition) is 1. The van der Waals surface area contributed by atoms with Crippen LogP contribution in [-0.4, -0.2) is 28.6 Å². The molecule has 3 aromatic rings. The first-order chi connectivity index (χ1) is 16.9. The van der Waals surface area contributed by atoms with Crippen molar-refractivity contribution in [2.45, 2.75) is 25.6 Å². The van der Waals surface area contributed by atoms with Gasteiger partial charge < -0.3 is 10.2 Å². The molecule has 0 atom stereocenters. The molecule has 4 rings (SSSR count). The van der Waals surface area contributed by atoms with E-state index in [0.29, 0.717) is 11.4 Å². The van der Waals surface area contributed by atoms with Gasteiger partial charge in [-0.2, -0.15) is 18.4 Å². The monoisotopic (exact) mass is 513 g/mol. The van der Waals surface area contributed by atoms with Gasteiger partial charge in [0.1, 0.15) is 11.1 Å². The topological polar surface area (TPSA) is 72.3 Å². The van der Waals surface area contributed by atoms with Crippen LogP contribution in [0.1, 0.15) is 25.0 Å². The molecule has 0 spiro atoms. The van der Waals surface area contributed by atoms with Crippen LogP contribution < -0.4 is 15.1 Å². The Morgan fingerprint density at radius 2 is 1.75 bits per heavy atom. The number of amides is 1. The summed E-state index contributed by atoms with van der Waals surface area (Å²) in [5.74, 6) is -2.47. The Bertz CT molecular complexity index is 1400. The largest absolute Gasteiger partial charge is 0.420 e. The van der Waals surface area contributed by atoms with E-state index in [-0.39, 0.29) is 5.11 Å². The Kier molecular flexibility index (Phi) is 6.18. The van der Waals surface area contributed by atoms with Crippen LogP contribution in [0.2, 0.25) is 0 Å². The van der Waals surface area contributed by atoms with E-state index in [1.54, 1.807) is 19.2 Å². The highest BCUT2D eigenvalue weighted by molar-refractivity contribution is 7.81. The minimum atomic E-state index is -5.14. The maximum Gasteiger partial charge on any atom is 0.420 e. The van der Waals surface area contributed by atoms with E-state index >= 15 is 4.39 Å². The molecule has 1 saturated heterocycles. The molecule has 1 aliphatic rings. The molecule has 1 amide bonds. The average Bonchev–Trinajstić information content (AvgIpc) is 3.01. The minimum Gasteiger partial charge on any atom is -0.388 e. The van der Waals surface area contributed by atoms with Gasteiger partial charge in [-0.1, -0.05) is 12.1 Å². The van der Waals surface area contributed by atoms with Gasteiger partial charge in [0.05, 0.1) is 34.9 Å². The summed E-state index contributed by atoms with van der Waals surface area (Å²) in [5, 5.41) is 11.8. The molecule has 184 valence electrons. The molecule has 1 fully saturated rings. The van der Waals surface area contributed by atoms with Crippen molar-refractivity contribution in [3.05, 3.63) is 71.7 Å². The second-order valence-electron chi connectivity index (χ2n) is 8.48. The number of benzene rings is 2. The van der Waals surface area contributed by atoms with E-state index in [0.717, 1.165) is 28.3 Å². The smallest absolute Gasteiger partial charge is 0.388 e. The van der Waals surface area contributed by atoms with Crippen molar-refractivity contribution < 1.29 is 22.4 Å². The predicted molar refractivity (Wildman–Crippen MR) is 132 cm³/mol. The third kappa shape index (κ3) is 4.03. The van der Waals surface area contributed by atoms with Crippen LogP contribution >= 0.6 is 12.2 Å². The molecule has 1 N–H and O–H groups in total. The summed E-state index contributed by atoms with van der Waals surface area (Å²) in [6, 6.07) is 14.1. The molecular weight excluding hydrogens is 494 g/mol. The van der Waals surface area contributed by atoms with Gasteiger partial charge in [-0.05, 0) is 62.5 Å². The number of carbonyl (C=O) groups excluding carboxylic acids is 1. The number of thiocarbonyl (C=S) groups is 1. The van der Waals surface area contributed by atoms with E-state index in [1.165, 1.54) is 31.0 Å². The number of rotatable bonds is 4. The van der Waals surface area contributed by atoms with Crippen molar-refractivity contribution in [1.29, 1.82) is 5.26 Å². The fourth-order valence-electron chi connectivity index (χ4n) is 4.05. The molecule has 0 radical (unpaired) electrons. The lowest BCUT2D eigenvalue weighted by Crippen LogP contribution is -2.44. The SMILES string of the molecule is CNc1ccc(-c2ccc(N3C(=S)N(c4ccc(C#N)c(C(F)(F)F)c4F)C(=O)C3(C)C)cn2)cc1. The first-order valence-electron chi connectivity index (χ1n) is 10.6. The second kappa shape index (κ2) is 8.87. The molecule has 1 aromatic heterocycles. The van der Waals surface area contributed by atoms with Gasteiger partial charge in [0.25, 0.3) is 5.91 Å². The maximum atomic E-state index is 15.1. The lowest BCUT2D eigenvalue weighted by atomic mass is 10.0. The van der Waals surface area contributed by atoms with Crippen LogP contribution in [0.5, 0.6) is 0 Å². The zero-order chi connectivity index (χ0) is 26.4. The number of anilines is 3. The van der Waals surface area contributed by atoms with E-state index in [2.05, 4.69) is 10.3 Å². The number of halogens is 4. The van der Waals surface area contributed by atoms with Crippen molar-refractivity contribution in [2.24, 2.45) is 0 Å².